The minimum Gasteiger partial charge on any atom is -0.497 e. The van der Waals surface area contributed by atoms with Crippen molar-refractivity contribution in [1.82, 2.24) is 14.3 Å². The summed E-state index contributed by atoms with van der Waals surface area (Å²) in [5, 5.41) is 1.90. The van der Waals surface area contributed by atoms with Crippen LogP contribution in [0.2, 0.25) is 0 Å². The lowest BCUT2D eigenvalue weighted by atomic mass is 9.88. The second-order valence-corrected chi connectivity index (χ2v) is 9.72. The van der Waals surface area contributed by atoms with E-state index in [9.17, 15) is 9.18 Å². The number of halogens is 2. The molecule has 0 unspecified atom stereocenters. The van der Waals surface area contributed by atoms with Crippen LogP contribution >= 0.6 is 23.7 Å². The number of hydrogen-bond donors (Lipinski definition) is 0. The highest BCUT2D eigenvalue weighted by atomic mass is 35.5. The number of likely N-dealkylation sites (tertiary alicyclic amines) is 1. The molecule has 0 saturated carbocycles. The van der Waals surface area contributed by atoms with E-state index < -0.39 is 0 Å². The Labute approximate surface area is 220 Å². The standard InChI is InChI=1S/C28H28FN3O2S.ClH/c1-19-25(27(33)32-17-18-35-28(32)30-19)13-16-31-14-11-22(12-15-31)26(20-3-7-23(29)8-4-20)21-5-9-24(34-2)10-6-21;/h3-10,17-18H,11-16H2,1-2H3;1H. The van der Waals surface area contributed by atoms with Crippen LogP contribution in [-0.2, 0) is 6.42 Å². The summed E-state index contributed by atoms with van der Waals surface area (Å²) in [6.45, 7) is 4.60. The van der Waals surface area contributed by atoms with E-state index in [4.69, 9.17) is 4.74 Å². The minimum atomic E-state index is -0.232. The molecule has 0 atom stereocenters. The van der Waals surface area contributed by atoms with Crippen LogP contribution in [0.25, 0.3) is 10.5 Å². The number of aryl methyl sites for hydroxylation is 1. The molecule has 4 aromatic rings. The van der Waals surface area contributed by atoms with Crippen molar-refractivity contribution in [3.8, 4) is 5.75 Å². The Kier molecular flexibility index (Phi) is 8.24. The number of benzene rings is 2. The molecule has 0 radical (unpaired) electrons. The predicted molar refractivity (Wildman–Crippen MR) is 146 cm³/mol. The monoisotopic (exact) mass is 525 g/mol. The molecule has 2 aromatic carbocycles. The molecule has 5 nitrogen and oxygen atoms in total. The van der Waals surface area contributed by atoms with Crippen molar-refractivity contribution in [2.75, 3.05) is 26.7 Å². The van der Waals surface area contributed by atoms with Crippen LogP contribution in [0, 0.1) is 12.7 Å². The Morgan fingerprint density at radius 1 is 1.06 bits per heavy atom. The number of fused-ring (bicyclic) bond motifs is 1. The highest BCUT2D eigenvalue weighted by Crippen LogP contribution is 2.33. The molecule has 0 bridgehead atoms. The van der Waals surface area contributed by atoms with E-state index in [2.05, 4.69) is 22.0 Å². The summed E-state index contributed by atoms with van der Waals surface area (Å²) in [6.07, 6.45) is 4.35. The van der Waals surface area contributed by atoms with Gasteiger partial charge in [0, 0.05) is 42.5 Å². The molecule has 188 valence electrons. The Morgan fingerprint density at radius 3 is 2.33 bits per heavy atom. The molecular weight excluding hydrogens is 497 g/mol. The molecule has 0 amide bonds. The Bertz CT molecular complexity index is 1420. The number of ether oxygens (including phenoxy) is 1. The fourth-order valence-electron chi connectivity index (χ4n) is 4.82. The molecule has 1 aliphatic rings. The first-order chi connectivity index (χ1) is 17.0. The van der Waals surface area contributed by atoms with Gasteiger partial charge < -0.3 is 9.64 Å². The first-order valence-electron chi connectivity index (χ1n) is 11.8. The lowest BCUT2D eigenvalue weighted by Gasteiger charge is -2.30. The SMILES string of the molecule is COc1ccc(C(=C2CCN(CCc3c(C)nc4sccn4c3=O)CC2)c2ccc(F)cc2)cc1.Cl. The van der Waals surface area contributed by atoms with Gasteiger partial charge in [0.15, 0.2) is 4.96 Å². The molecule has 0 aliphatic carbocycles. The number of piperidine rings is 1. The van der Waals surface area contributed by atoms with Crippen LogP contribution in [0.15, 0.2) is 70.5 Å². The van der Waals surface area contributed by atoms with Gasteiger partial charge in [0.2, 0.25) is 0 Å². The van der Waals surface area contributed by atoms with Gasteiger partial charge in [-0.3, -0.25) is 9.20 Å². The van der Waals surface area contributed by atoms with E-state index in [0.717, 1.165) is 65.6 Å². The van der Waals surface area contributed by atoms with Crippen molar-refractivity contribution in [3.63, 3.8) is 0 Å². The average molecular weight is 526 g/mol. The van der Waals surface area contributed by atoms with E-state index in [1.54, 1.807) is 17.7 Å². The van der Waals surface area contributed by atoms with Crippen molar-refractivity contribution in [2.45, 2.75) is 26.2 Å². The molecule has 1 fully saturated rings. The molecule has 8 heteroatoms. The molecule has 2 aromatic heterocycles. The lowest BCUT2D eigenvalue weighted by molar-refractivity contribution is 0.259. The van der Waals surface area contributed by atoms with Crippen molar-refractivity contribution in [3.05, 3.63) is 104 Å². The van der Waals surface area contributed by atoms with Gasteiger partial charge in [-0.2, -0.15) is 0 Å². The van der Waals surface area contributed by atoms with Crippen molar-refractivity contribution < 1.29 is 9.13 Å². The van der Waals surface area contributed by atoms with Gasteiger partial charge in [0.1, 0.15) is 11.6 Å². The Morgan fingerprint density at radius 2 is 1.69 bits per heavy atom. The zero-order chi connectivity index (χ0) is 24.4. The van der Waals surface area contributed by atoms with Gasteiger partial charge in [-0.05, 0) is 67.2 Å². The zero-order valence-electron chi connectivity index (χ0n) is 20.4. The van der Waals surface area contributed by atoms with Crippen molar-refractivity contribution in [1.29, 1.82) is 0 Å². The van der Waals surface area contributed by atoms with Crippen LogP contribution in [0.3, 0.4) is 0 Å². The molecule has 3 heterocycles. The molecule has 0 N–H and O–H groups in total. The van der Waals surface area contributed by atoms with Gasteiger partial charge in [0.25, 0.3) is 5.56 Å². The van der Waals surface area contributed by atoms with E-state index in [-0.39, 0.29) is 23.8 Å². The summed E-state index contributed by atoms with van der Waals surface area (Å²) >= 11 is 1.48. The maximum atomic E-state index is 13.6. The maximum Gasteiger partial charge on any atom is 0.261 e. The van der Waals surface area contributed by atoms with Crippen LogP contribution < -0.4 is 10.3 Å². The third-order valence-electron chi connectivity index (χ3n) is 6.77. The van der Waals surface area contributed by atoms with Crippen LogP contribution in [-0.4, -0.2) is 41.0 Å². The van der Waals surface area contributed by atoms with Gasteiger partial charge in [0.05, 0.1) is 7.11 Å². The summed E-state index contributed by atoms with van der Waals surface area (Å²) < 4.78 is 20.6. The first kappa shape index (κ1) is 26.1. The van der Waals surface area contributed by atoms with Gasteiger partial charge >= 0.3 is 0 Å². The van der Waals surface area contributed by atoms with E-state index >= 15 is 0 Å². The third kappa shape index (κ3) is 5.38. The Hall–Kier alpha value is -3.00. The van der Waals surface area contributed by atoms with Crippen LogP contribution in [0.1, 0.15) is 35.2 Å². The molecule has 1 saturated heterocycles. The quantitative estimate of drug-likeness (QED) is 0.320. The van der Waals surface area contributed by atoms with Crippen LogP contribution in [0.4, 0.5) is 4.39 Å². The number of aromatic nitrogens is 2. The highest BCUT2D eigenvalue weighted by molar-refractivity contribution is 7.15. The van der Waals surface area contributed by atoms with Crippen molar-refractivity contribution >= 4 is 34.3 Å². The summed E-state index contributed by atoms with van der Waals surface area (Å²) in [5.41, 5.74) is 6.35. The van der Waals surface area contributed by atoms with E-state index in [0.29, 0.717) is 6.42 Å². The van der Waals surface area contributed by atoms with Crippen molar-refractivity contribution in [2.24, 2.45) is 0 Å². The molecular formula is C28H29ClFN3O2S. The number of nitrogens with zero attached hydrogens (tertiary/aromatic N) is 3. The van der Waals surface area contributed by atoms with E-state index in [1.165, 1.54) is 34.6 Å². The highest BCUT2D eigenvalue weighted by Gasteiger charge is 2.20. The average Bonchev–Trinajstić information content (AvgIpc) is 3.35. The van der Waals surface area contributed by atoms with Gasteiger partial charge in [-0.15, -0.1) is 23.7 Å². The second-order valence-electron chi connectivity index (χ2n) is 8.84. The first-order valence-corrected chi connectivity index (χ1v) is 12.7. The minimum absolute atomic E-state index is 0. The topological polar surface area (TPSA) is 46.8 Å². The van der Waals surface area contributed by atoms with Crippen LogP contribution in [0.5, 0.6) is 5.75 Å². The molecule has 1 aliphatic heterocycles. The second kappa shape index (κ2) is 11.4. The maximum absolute atomic E-state index is 13.6. The fraction of sp³-hybridized carbons (Fsp3) is 0.286. The Balaban J connectivity index is 0.00000304. The van der Waals surface area contributed by atoms with Gasteiger partial charge in [-0.25, -0.2) is 9.37 Å². The third-order valence-corrected chi connectivity index (χ3v) is 7.53. The number of methoxy groups -OCH3 is 1. The number of rotatable bonds is 6. The normalized spacial score (nSPS) is 14.0. The summed E-state index contributed by atoms with van der Waals surface area (Å²) in [7, 11) is 1.66. The summed E-state index contributed by atoms with van der Waals surface area (Å²) in [4.78, 5) is 20.6. The van der Waals surface area contributed by atoms with E-state index in [1.807, 2.05) is 36.6 Å². The molecule has 5 rings (SSSR count). The largest absolute Gasteiger partial charge is 0.497 e. The number of thiazole rings is 1. The fourth-order valence-corrected chi connectivity index (χ4v) is 5.57. The predicted octanol–water partition coefficient (Wildman–Crippen LogP) is 5.77. The molecule has 36 heavy (non-hydrogen) atoms. The summed E-state index contributed by atoms with van der Waals surface area (Å²) in [5.74, 6) is 0.581. The smallest absolute Gasteiger partial charge is 0.261 e. The number of hydrogen-bond acceptors (Lipinski definition) is 5. The molecule has 0 spiro atoms. The summed E-state index contributed by atoms with van der Waals surface area (Å²) in [6, 6.07) is 14.8. The lowest BCUT2D eigenvalue weighted by Crippen LogP contribution is -2.34. The van der Waals surface area contributed by atoms with Gasteiger partial charge in [-0.1, -0.05) is 29.8 Å². The zero-order valence-corrected chi connectivity index (χ0v) is 22.0.